The molecule has 3 rings (SSSR count). The van der Waals surface area contributed by atoms with Gasteiger partial charge in [-0.3, -0.25) is 0 Å². The van der Waals surface area contributed by atoms with Gasteiger partial charge in [0.25, 0.3) is 0 Å². The Hall–Kier alpha value is -1.61. The highest BCUT2D eigenvalue weighted by Crippen LogP contribution is 2.18. The van der Waals surface area contributed by atoms with Crippen LogP contribution in [0.2, 0.25) is 0 Å². The molecule has 1 fully saturated rings. The highest BCUT2D eigenvalue weighted by Gasteiger charge is 2.20. The fraction of sp³-hybridized carbons (Fsp3) is 0.500. The molecule has 1 aromatic heterocycles. The number of aliphatic imine (C=N–C) groups is 1. The molecule has 0 unspecified atom stereocenters. The molecule has 6 nitrogen and oxygen atoms in total. The maximum atomic E-state index is 9.66. The van der Waals surface area contributed by atoms with E-state index in [1.54, 1.807) is 0 Å². The first kappa shape index (κ1) is 21.7. The van der Waals surface area contributed by atoms with E-state index in [1.807, 2.05) is 18.5 Å². The lowest BCUT2D eigenvalue weighted by Gasteiger charge is -2.27. The molecule has 1 saturated carbocycles. The number of halogens is 1. The van der Waals surface area contributed by atoms with Crippen LogP contribution in [0.1, 0.15) is 44.0 Å². The van der Waals surface area contributed by atoms with Crippen molar-refractivity contribution in [3.05, 3.63) is 54.1 Å². The summed E-state index contributed by atoms with van der Waals surface area (Å²) < 4.78 is 2.14. The van der Waals surface area contributed by atoms with Gasteiger partial charge in [-0.2, -0.15) is 0 Å². The SMILES string of the molecule is CCNC(=NCc1nccn1Cc1ccccc1)NC1CCC(O)CC1.I. The topological polar surface area (TPSA) is 74.5 Å². The highest BCUT2D eigenvalue weighted by molar-refractivity contribution is 14.0. The van der Waals surface area contributed by atoms with Crippen molar-refractivity contribution < 1.29 is 5.11 Å². The van der Waals surface area contributed by atoms with Gasteiger partial charge in [0.05, 0.1) is 6.10 Å². The summed E-state index contributed by atoms with van der Waals surface area (Å²) in [6, 6.07) is 10.8. The van der Waals surface area contributed by atoms with Gasteiger partial charge in [-0.25, -0.2) is 9.98 Å². The Labute approximate surface area is 178 Å². The van der Waals surface area contributed by atoms with Crippen LogP contribution in [0.5, 0.6) is 0 Å². The summed E-state index contributed by atoms with van der Waals surface area (Å²) in [6.45, 7) is 4.22. The van der Waals surface area contributed by atoms with E-state index in [9.17, 15) is 5.11 Å². The third-order valence-electron chi connectivity index (χ3n) is 4.76. The number of aliphatic hydroxyl groups is 1. The summed E-state index contributed by atoms with van der Waals surface area (Å²) in [5.74, 6) is 1.77. The highest BCUT2D eigenvalue weighted by atomic mass is 127. The standard InChI is InChI=1S/C20H29N5O.HI/c1-2-21-20(24-17-8-10-18(26)11-9-17)23-14-19-22-12-13-25(19)15-16-6-4-3-5-7-16;/h3-7,12-13,17-18,26H,2,8-11,14-15H2,1H3,(H2,21,23,24);1H. The van der Waals surface area contributed by atoms with Crippen molar-refractivity contribution in [1.29, 1.82) is 0 Å². The van der Waals surface area contributed by atoms with Crippen LogP contribution in [0, 0.1) is 0 Å². The van der Waals surface area contributed by atoms with Crippen molar-refractivity contribution in [3.8, 4) is 0 Å². The van der Waals surface area contributed by atoms with Crippen molar-refractivity contribution in [2.45, 2.75) is 57.8 Å². The third-order valence-corrected chi connectivity index (χ3v) is 4.76. The summed E-state index contributed by atoms with van der Waals surface area (Å²) in [4.78, 5) is 9.19. The van der Waals surface area contributed by atoms with Crippen LogP contribution in [0.25, 0.3) is 0 Å². The van der Waals surface area contributed by atoms with Gasteiger partial charge in [-0.1, -0.05) is 30.3 Å². The van der Waals surface area contributed by atoms with Gasteiger partial charge >= 0.3 is 0 Å². The third kappa shape index (κ3) is 6.80. The van der Waals surface area contributed by atoms with Crippen LogP contribution in [-0.2, 0) is 13.1 Å². The second-order valence-corrected chi connectivity index (χ2v) is 6.80. The number of hydrogen-bond acceptors (Lipinski definition) is 3. The number of nitrogens with one attached hydrogen (secondary N) is 2. The van der Waals surface area contributed by atoms with Gasteiger partial charge in [0.1, 0.15) is 12.4 Å². The molecule has 27 heavy (non-hydrogen) atoms. The molecule has 1 heterocycles. The lowest BCUT2D eigenvalue weighted by atomic mass is 9.93. The molecular formula is C20H30IN5O. The molecule has 3 N–H and O–H groups in total. The van der Waals surface area contributed by atoms with Crippen molar-refractivity contribution in [2.24, 2.45) is 4.99 Å². The molecule has 0 radical (unpaired) electrons. The first-order valence-corrected chi connectivity index (χ1v) is 9.51. The molecule has 1 aromatic carbocycles. The summed E-state index contributed by atoms with van der Waals surface area (Å²) in [5.41, 5.74) is 1.25. The summed E-state index contributed by atoms with van der Waals surface area (Å²) in [6.07, 6.45) is 7.37. The smallest absolute Gasteiger partial charge is 0.191 e. The molecule has 7 heteroatoms. The van der Waals surface area contributed by atoms with E-state index >= 15 is 0 Å². The van der Waals surface area contributed by atoms with E-state index in [1.165, 1.54) is 5.56 Å². The average Bonchev–Trinajstić information content (AvgIpc) is 3.09. The van der Waals surface area contributed by atoms with Crippen LogP contribution < -0.4 is 10.6 Å². The van der Waals surface area contributed by atoms with Crippen molar-refractivity contribution in [3.63, 3.8) is 0 Å². The number of benzene rings is 1. The molecule has 1 aliphatic carbocycles. The van der Waals surface area contributed by atoms with Gasteiger partial charge in [0, 0.05) is 31.5 Å². The van der Waals surface area contributed by atoms with E-state index < -0.39 is 0 Å². The van der Waals surface area contributed by atoms with Crippen LogP contribution >= 0.6 is 24.0 Å². The van der Waals surface area contributed by atoms with E-state index in [2.05, 4.69) is 51.4 Å². The minimum atomic E-state index is -0.141. The second-order valence-electron chi connectivity index (χ2n) is 6.80. The molecule has 0 aliphatic heterocycles. The predicted octanol–water partition coefficient (Wildman–Crippen LogP) is 2.91. The lowest BCUT2D eigenvalue weighted by molar-refractivity contribution is 0.120. The van der Waals surface area contributed by atoms with Gasteiger partial charge in [-0.15, -0.1) is 24.0 Å². The van der Waals surface area contributed by atoms with Crippen molar-refractivity contribution in [2.75, 3.05) is 6.54 Å². The van der Waals surface area contributed by atoms with Gasteiger partial charge in [0.2, 0.25) is 0 Å². The zero-order valence-electron chi connectivity index (χ0n) is 15.8. The van der Waals surface area contributed by atoms with E-state index in [-0.39, 0.29) is 30.1 Å². The number of imidazole rings is 1. The molecule has 0 saturated heterocycles. The molecule has 0 spiro atoms. The zero-order valence-corrected chi connectivity index (χ0v) is 18.2. The average molecular weight is 483 g/mol. The molecule has 0 atom stereocenters. The minimum Gasteiger partial charge on any atom is -0.393 e. The molecule has 0 amide bonds. The number of hydrogen-bond donors (Lipinski definition) is 3. The summed E-state index contributed by atoms with van der Waals surface area (Å²) in [7, 11) is 0. The quantitative estimate of drug-likeness (QED) is 0.336. The molecule has 0 bridgehead atoms. The van der Waals surface area contributed by atoms with Crippen LogP contribution in [0.15, 0.2) is 47.7 Å². The molecular weight excluding hydrogens is 453 g/mol. The normalized spacial score (nSPS) is 20.0. The van der Waals surface area contributed by atoms with E-state index in [4.69, 9.17) is 4.99 Å². The molecule has 148 valence electrons. The fourth-order valence-corrected chi connectivity index (χ4v) is 3.30. The number of nitrogens with zero attached hydrogens (tertiary/aromatic N) is 3. The number of aliphatic hydroxyl groups excluding tert-OH is 1. The summed E-state index contributed by atoms with van der Waals surface area (Å²) in [5, 5.41) is 16.5. The Bertz CT molecular complexity index is 695. The number of guanidine groups is 1. The van der Waals surface area contributed by atoms with Crippen LogP contribution in [-0.4, -0.2) is 39.3 Å². The Balaban J connectivity index is 0.00000261. The first-order valence-electron chi connectivity index (χ1n) is 9.51. The fourth-order valence-electron chi connectivity index (χ4n) is 3.30. The molecule has 1 aliphatic rings. The van der Waals surface area contributed by atoms with Gasteiger partial charge in [0.15, 0.2) is 5.96 Å². The Morgan fingerprint density at radius 3 is 2.67 bits per heavy atom. The Morgan fingerprint density at radius 1 is 1.22 bits per heavy atom. The first-order chi connectivity index (χ1) is 12.7. The maximum Gasteiger partial charge on any atom is 0.191 e. The minimum absolute atomic E-state index is 0. The van der Waals surface area contributed by atoms with E-state index in [0.29, 0.717) is 12.6 Å². The lowest BCUT2D eigenvalue weighted by Crippen LogP contribution is -2.45. The summed E-state index contributed by atoms with van der Waals surface area (Å²) >= 11 is 0. The predicted molar refractivity (Wildman–Crippen MR) is 119 cm³/mol. The van der Waals surface area contributed by atoms with Crippen LogP contribution in [0.4, 0.5) is 0 Å². The van der Waals surface area contributed by atoms with Gasteiger partial charge in [-0.05, 0) is 38.2 Å². The van der Waals surface area contributed by atoms with Crippen LogP contribution in [0.3, 0.4) is 0 Å². The second kappa shape index (κ2) is 11.3. The zero-order chi connectivity index (χ0) is 18.2. The number of aromatic nitrogens is 2. The Kier molecular flexibility index (Phi) is 9.06. The largest absolute Gasteiger partial charge is 0.393 e. The van der Waals surface area contributed by atoms with Crippen molar-refractivity contribution >= 4 is 29.9 Å². The van der Waals surface area contributed by atoms with Gasteiger partial charge < -0.3 is 20.3 Å². The number of rotatable bonds is 6. The van der Waals surface area contributed by atoms with Crippen molar-refractivity contribution in [1.82, 2.24) is 20.2 Å². The Morgan fingerprint density at radius 2 is 1.96 bits per heavy atom. The molecule has 2 aromatic rings. The van der Waals surface area contributed by atoms with E-state index in [0.717, 1.165) is 50.6 Å². The maximum absolute atomic E-state index is 9.66. The monoisotopic (exact) mass is 483 g/mol.